The van der Waals surface area contributed by atoms with Crippen LogP contribution in [0.2, 0.25) is 0 Å². The Morgan fingerprint density at radius 3 is 2.85 bits per heavy atom. The van der Waals surface area contributed by atoms with Crippen molar-refractivity contribution in [3.8, 4) is 0 Å². The molecular weight excluding hydrogens is 284 g/mol. The van der Waals surface area contributed by atoms with E-state index < -0.39 is 10.0 Å². The first kappa shape index (κ1) is 15.5. The molecule has 0 spiro atoms. The third-order valence-corrected chi connectivity index (χ3v) is 4.70. The number of methoxy groups -OCH3 is 1. The Balaban J connectivity index is 1.89. The summed E-state index contributed by atoms with van der Waals surface area (Å²) < 4.78 is 41.4. The maximum absolute atomic E-state index is 11.5. The number of furan rings is 1. The minimum Gasteiger partial charge on any atom is -0.447 e. The van der Waals surface area contributed by atoms with Gasteiger partial charge >= 0.3 is 0 Å². The van der Waals surface area contributed by atoms with Gasteiger partial charge < -0.3 is 19.2 Å². The van der Waals surface area contributed by atoms with E-state index in [9.17, 15) is 8.42 Å². The molecule has 1 unspecified atom stereocenters. The van der Waals surface area contributed by atoms with E-state index in [-0.39, 0.29) is 10.7 Å². The van der Waals surface area contributed by atoms with Gasteiger partial charge in [0.2, 0.25) is 5.09 Å². The fourth-order valence-corrected chi connectivity index (χ4v) is 2.74. The van der Waals surface area contributed by atoms with E-state index in [0.717, 1.165) is 6.42 Å². The molecular formula is C12H20N2O5S. The minimum atomic E-state index is -3.52. The van der Waals surface area contributed by atoms with Crippen molar-refractivity contribution in [3.05, 3.63) is 17.9 Å². The lowest BCUT2D eigenvalue weighted by molar-refractivity contribution is -0.0161. The first-order chi connectivity index (χ1) is 9.51. The van der Waals surface area contributed by atoms with Gasteiger partial charge in [0.1, 0.15) is 11.4 Å². The Labute approximate surface area is 118 Å². The number of hydrogen-bond acceptors (Lipinski definition) is 6. The zero-order valence-corrected chi connectivity index (χ0v) is 12.5. The van der Waals surface area contributed by atoms with Gasteiger partial charge in [0.15, 0.2) is 0 Å². The molecule has 1 aromatic rings. The summed E-state index contributed by atoms with van der Waals surface area (Å²) >= 11 is 0. The molecule has 0 saturated carbocycles. The van der Waals surface area contributed by atoms with Crippen LogP contribution in [0.1, 0.15) is 12.2 Å². The maximum atomic E-state index is 11.5. The van der Waals surface area contributed by atoms with Crippen molar-refractivity contribution in [2.75, 3.05) is 33.9 Å². The van der Waals surface area contributed by atoms with Crippen molar-refractivity contribution in [1.29, 1.82) is 0 Å². The van der Waals surface area contributed by atoms with Crippen LogP contribution >= 0.6 is 0 Å². The van der Waals surface area contributed by atoms with Crippen LogP contribution in [0, 0.1) is 0 Å². The molecule has 1 aliphatic rings. The Hall–Kier alpha value is -0.930. The van der Waals surface area contributed by atoms with Gasteiger partial charge in [-0.25, -0.2) is 13.1 Å². The van der Waals surface area contributed by atoms with Crippen molar-refractivity contribution >= 4 is 10.0 Å². The SMILES string of the molecule is CNS(=O)(=O)c1ccc(CNCC2(OC)CCOC2)o1. The Morgan fingerprint density at radius 2 is 2.25 bits per heavy atom. The molecule has 0 radical (unpaired) electrons. The summed E-state index contributed by atoms with van der Waals surface area (Å²) in [6.07, 6.45) is 0.841. The molecule has 1 saturated heterocycles. The van der Waals surface area contributed by atoms with Crippen LogP contribution in [0.3, 0.4) is 0 Å². The topological polar surface area (TPSA) is 89.8 Å². The number of nitrogens with one attached hydrogen (secondary N) is 2. The van der Waals surface area contributed by atoms with Gasteiger partial charge in [0.05, 0.1) is 13.2 Å². The monoisotopic (exact) mass is 304 g/mol. The van der Waals surface area contributed by atoms with Crippen molar-refractivity contribution < 1.29 is 22.3 Å². The highest BCUT2D eigenvalue weighted by Gasteiger charge is 2.34. The molecule has 0 aliphatic carbocycles. The molecule has 8 heteroatoms. The van der Waals surface area contributed by atoms with Crippen molar-refractivity contribution in [1.82, 2.24) is 10.0 Å². The summed E-state index contributed by atoms with van der Waals surface area (Å²) in [5.74, 6) is 0.559. The molecule has 0 aromatic carbocycles. The summed E-state index contributed by atoms with van der Waals surface area (Å²) in [6, 6.07) is 3.08. The number of hydrogen-bond donors (Lipinski definition) is 2. The third kappa shape index (κ3) is 3.39. The van der Waals surface area contributed by atoms with Gasteiger partial charge in [-0.05, 0) is 19.2 Å². The van der Waals surface area contributed by atoms with E-state index in [4.69, 9.17) is 13.9 Å². The summed E-state index contributed by atoms with van der Waals surface area (Å²) in [4.78, 5) is 0. The second-order valence-electron chi connectivity index (χ2n) is 4.72. The van der Waals surface area contributed by atoms with Crippen molar-refractivity contribution in [3.63, 3.8) is 0 Å². The van der Waals surface area contributed by atoms with Gasteiger partial charge in [0, 0.05) is 26.7 Å². The molecule has 1 aliphatic heterocycles. The van der Waals surface area contributed by atoms with E-state index in [2.05, 4.69) is 10.0 Å². The molecule has 0 bridgehead atoms. The van der Waals surface area contributed by atoms with E-state index in [1.807, 2.05) is 0 Å². The van der Waals surface area contributed by atoms with Gasteiger partial charge in [-0.1, -0.05) is 0 Å². The molecule has 0 amide bonds. The second-order valence-corrected chi connectivity index (χ2v) is 6.54. The lowest BCUT2D eigenvalue weighted by Gasteiger charge is -2.25. The van der Waals surface area contributed by atoms with E-state index in [1.165, 1.54) is 13.1 Å². The molecule has 1 aromatic heterocycles. The van der Waals surface area contributed by atoms with Crippen LogP contribution < -0.4 is 10.0 Å². The lowest BCUT2D eigenvalue weighted by Crippen LogP contribution is -2.42. The van der Waals surface area contributed by atoms with Crippen LogP contribution in [-0.2, 0) is 26.0 Å². The van der Waals surface area contributed by atoms with Crippen molar-refractivity contribution in [2.45, 2.75) is 23.7 Å². The predicted octanol–water partition coefficient (Wildman–Crippen LogP) is 0.0828. The fraction of sp³-hybridized carbons (Fsp3) is 0.667. The Kier molecular flexibility index (Phi) is 4.82. The molecule has 1 atom stereocenters. The molecule has 7 nitrogen and oxygen atoms in total. The average molecular weight is 304 g/mol. The highest BCUT2D eigenvalue weighted by atomic mass is 32.2. The Morgan fingerprint density at radius 1 is 1.45 bits per heavy atom. The number of rotatable bonds is 7. The molecule has 2 heterocycles. The third-order valence-electron chi connectivity index (χ3n) is 3.42. The van der Waals surface area contributed by atoms with Gasteiger partial charge in [-0.3, -0.25) is 0 Å². The largest absolute Gasteiger partial charge is 0.447 e. The predicted molar refractivity (Wildman–Crippen MR) is 71.8 cm³/mol. The van der Waals surface area contributed by atoms with Gasteiger partial charge in [-0.2, -0.15) is 0 Å². The standard InChI is InChI=1S/C12H20N2O5S/c1-13-20(15,16)11-4-3-10(19-11)7-14-8-12(17-2)5-6-18-9-12/h3-4,13-14H,5-9H2,1-2H3. The highest BCUT2D eigenvalue weighted by molar-refractivity contribution is 7.89. The zero-order chi connectivity index (χ0) is 14.6. The lowest BCUT2D eigenvalue weighted by atomic mass is 10.0. The number of sulfonamides is 1. The van der Waals surface area contributed by atoms with Gasteiger partial charge in [-0.15, -0.1) is 0 Å². The van der Waals surface area contributed by atoms with Gasteiger partial charge in [0.25, 0.3) is 10.0 Å². The molecule has 20 heavy (non-hydrogen) atoms. The number of ether oxygens (including phenoxy) is 2. The van der Waals surface area contributed by atoms with E-state index in [0.29, 0.717) is 32.1 Å². The zero-order valence-electron chi connectivity index (χ0n) is 11.6. The Bertz CT molecular complexity index is 534. The van der Waals surface area contributed by atoms with E-state index >= 15 is 0 Å². The maximum Gasteiger partial charge on any atom is 0.273 e. The van der Waals surface area contributed by atoms with E-state index in [1.54, 1.807) is 13.2 Å². The first-order valence-electron chi connectivity index (χ1n) is 6.37. The fourth-order valence-electron chi connectivity index (χ4n) is 2.07. The summed E-state index contributed by atoms with van der Waals surface area (Å²) in [6.45, 7) is 2.32. The van der Waals surface area contributed by atoms with Crippen LogP contribution in [-0.4, -0.2) is 47.9 Å². The summed E-state index contributed by atoms with van der Waals surface area (Å²) in [7, 11) is -0.511. The van der Waals surface area contributed by atoms with Crippen LogP contribution in [0.25, 0.3) is 0 Å². The smallest absolute Gasteiger partial charge is 0.273 e. The molecule has 1 fully saturated rings. The summed E-state index contributed by atoms with van der Waals surface area (Å²) in [5.41, 5.74) is -0.299. The molecule has 2 rings (SSSR count). The quantitative estimate of drug-likeness (QED) is 0.741. The van der Waals surface area contributed by atoms with Crippen LogP contribution in [0.15, 0.2) is 21.6 Å². The first-order valence-corrected chi connectivity index (χ1v) is 7.85. The summed E-state index contributed by atoms with van der Waals surface area (Å²) in [5, 5.41) is 3.12. The molecule has 2 N–H and O–H groups in total. The van der Waals surface area contributed by atoms with Crippen LogP contribution in [0.4, 0.5) is 0 Å². The van der Waals surface area contributed by atoms with Crippen molar-refractivity contribution in [2.24, 2.45) is 0 Å². The highest BCUT2D eigenvalue weighted by Crippen LogP contribution is 2.21. The normalized spacial score (nSPS) is 23.3. The second kappa shape index (κ2) is 6.23. The molecule has 114 valence electrons. The average Bonchev–Trinajstić information content (AvgIpc) is 3.09. The minimum absolute atomic E-state index is 0.0811. The van der Waals surface area contributed by atoms with Crippen LogP contribution in [0.5, 0.6) is 0 Å².